The summed E-state index contributed by atoms with van der Waals surface area (Å²) >= 11 is 0. The van der Waals surface area contributed by atoms with Crippen molar-refractivity contribution in [1.29, 1.82) is 0 Å². The molecule has 0 atom stereocenters. The molecule has 1 aromatic rings. The SMILES string of the molecule is CNc1ccc2c(c1)NC(C)(C)C=C2C. The lowest BCUT2D eigenvalue weighted by atomic mass is 9.91. The molecule has 0 saturated carbocycles. The van der Waals surface area contributed by atoms with Crippen molar-refractivity contribution in [2.45, 2.75) is 26.3 Å². The van der Waals surface area contributed by atoms with Crippen LogP contribution in [0.5, 0.6) is 0 Å². The molecule has 1 aliphatic heterocycles. The van der Waals surface area contributed by atoms with E-state index in [0.717, 1.165) is 5.69 Å². The minimum absolute atomic E-state index is 0.0451. The second kappa shape index (κ2) is 3.30. The molecule has 0 amide bonds. The average Bonchev–Trinajstić information content (AvgIpc) is 2.14. The lowest BCUT2D eigenvalue weighted by Gasteiger charge is -2.31. The zero-order valence-corrected chi connectivity index (χ0v) is 9.81. The summed E-state index contributed by atoms with van der Waals surface area (Å²) in [6.45, 7) is 6.54. The van der Waals surface area contributed by atoms with Gasteiger partial charge in [0.2, 0.25) is 0 Å². The fourth-order valence-corrected chi connectivity index (χ4v) is 2.15. The van der Waals surface area contributed by atoms with Crippen LogP contribution >= 0.6 is 0 Å². The maximum absolute atomic E-state index is 3.52. The molecule has 0 saturated heterocycles. The van der Waals surface area contributed by atoms with Gasteiger partial charge in [0.15, 0.2) is 0 Å². The van der Waals surface area contributed by atoms with Crippen LogP contribution in [0.15, 0.2) is 24.3 Å². The van der Waals surface area contributed by atoms with Gasteiger partial charge in [-0.25, -0.2) is 0 Å². The molecule has 2 N–H and O–H groups in total. The fraction of sp³-hybridized carbons (Fsp3) is 0.385. The smallest absolute Gasteiger partial charge is 0.0505 e. The lowest BCUT2D eigenvalue weighted by Crippen LogP contribution is -2.31. The van der Waals surface area contributed by atoms with Gasteiger partial charge in [-0.15, -0.1) is 0 Å². The van der Waals surface area contributed by atoms with Gasteiger partial charge in [0, 0.05) is 24.0 Å². The Morgan fingerprint density at radius 1 is 1.27 bits per heavy atom. The van der Waals surface area contributed by atoms with Gasteiger partial charge in [-0.2, -0.15) is 0 Å². The summed E-state index contributed by atoms with van der Waals surface area (Å²) in [5.74, 6) is 0. The quantitative estimate of drug-likeness (QED) is 0.730. The van der Waals surface area contributed by atoms with Crippen LogP contribution in [-0.4, -0.2) is 12.6 Å². The molecule has 0 spiro atoms. The Labute approximate surface area is 91.4 Å². The number of hydrogen-bond donors (Lipinski definition) is 2. The number of fused-ring (bicyclic) bond motifs is 1. The van der Waals surface area contributed by atoms with E-state index in [1.807, 2.05) is 7.05 Å². The molecule has 0 radical (unpaired) electrons. The highest BCUT2D eigenvalue weighted by atomic mass is 15.0. The Kier molecular flexibility index (Phi) is 2.22. The summed E-state index contributed by atoms with van der Waals surface area (Å²) in [4.78, 5) is 0. The third kappa shape index (κ3) is 1.84. The van der Waals surface area contributed by atoms with Crippen LogP contribution in [-0.2, 0) is 0 Å². The van der Waals surface area contributed by atoms with Crippen LogP contribution in [0.4, 0.5) is 11.4 Å². The normalized spacial score (nSPS) is 17.5. The summed E-state index contributed by atoms with van der Waals surface area (Å²) < 4.78 is 0. The minimum atomic E-state index is 0.0451. The summed E-state index contributed by atoms with van der Waals surface area (Å²) in [5.41, 5.74) is 5.05. The van der Waals surface area contributed by atoms with Crippen molar-refractivity contribution in [1.82, 2.24) is 0 Å². The molecule has 1 heterocycles. The van der Waals surface area contributed by atoms with Gasteiger partial charge in [-0.3, -0.25) is 0 Å². The molecular formula is C13H18N2. The minimum Gasteiger partial charge on any atom is -0.388 e. The monoisotopic (exact) mass is 202 g/mol. The number of hydrogen-bond acceptors (Lipinski definition) is 2. The molecule has 0 aromatic heterocycles. The van der Waals surface area contributed by atoms with Crippen molar-refractivity contribution in [3.63, 3.8) is 0 Å². The highest BCUT2D eigenvalue weighted by molar-refractivity contribution is 5.82. The first-order valence-corrected chi connectivity index (χ1v) is 5.32. The number of anilines is 2. The van der Waals surface area contributed by atoms with E-state index in [-0.39, 0.29) is 5.54 Å². The third-order valence-corrected chi connectivity index (χ3v) is 2.77. The van der Waals surface area contributed by atoms with Crippen LogP contribution in [0.3, 0.4) is 0 Å². The third-order valence-electron chi connectivity index (χ3n) is 2.77. The van der Waals surface area contributed by atoms with Gasteiger partial charge in [-0.05, 0) is 38.5 Å². The van der Waals surface area contributed by atoms with E-state index in [0.29, 0.717) is 0 Å². The van der Waals surface area contributed by atoms with Crippen molar-refractivity contribution < 1.29 is 0 Å². The number of nitrogens with one attached hydrogen (secondary N) is 2. The van der Waals surface area contributed by atoms with E-state index in [2.05, 4.69) is 55.7 Å². The van der Waals surface area contributed by atoms with Gasteiger partial charge >= 0.3 is 0 Å². The number of rotatable bonds is 1. The van der Waals surface area contributed by atoms with Gasteiger partial charge in [0.05, 0.1) is 5.54 Å². The standard InChI is InChI=1S/C13H18N2/c1-9-8-13(2,3)15-12-7-10(14-4)5-6-11(9)12/h5-8,14-15H,1-4H3. The number of allylic oxidation sites excluding steroid dienone is 1. The molecule has 1 aliphatic rings. The highest BCUT2D eigenvalue weighted by Gasteiger charge is 2.22. The molecule has 2 heteroatoms. The highest BCUT2D eigenvalue weighted by Crippen LogP contribution is 2.34. The Hall–Kier alpha value is -1.44. The predicted molar refractivity (Wildman–Crippen MR) is 67.3 cm³/mol. The van der Waals surface area contributed by atoms with Gasteiger partial charge in [0.25, 0.3) is 0 Å². The summed E-state index contributed by atoms with van der Waals surface area (Å²) in [6.07, 6.45) is 2.27. The van der Waals surface area contributed by atoms with E-state index in [4.69, 9.17) is 0 Å². The van der Waals surface area contributed by atoms with Crippen LogP contribution in [0, 0.1) is 0 Å². The summed E-state index contributed by atoms with van der Waals surface area (Å²) in [5, 5.41) is 6.68. The molecule has 0 unspecified atom stereocenters. The van der Waals surface area contributed by atoms with E-state index >= 15 is 0 Å². The Bertz CT molecular complexity index is 417. The summed E-state index contributed by atoms with van der Waals surface area (Å²) in [6, 6.07) is 6.43. The molecule has 15 heavy (non-hydrogen) atoms. The van der Waals surface area contributed by atoms with Crippen molar-refractivity contribution in [2.24, 2.45) is 0 Å². The Balaban J connectivity index is 2.51. The molecule has 0 fully saturated rings. The van der Waals surface area contributed by atoms with Gasteiger partial charge in [0.1, 0.15) is 0 Å². The van der Waals surface area contributed by atoms with E-state index in [9.17, 15) is 0 Å². The Morgan fingerprint density at radius 3 is 2.67 bits per heavy atom. The van der Waals surface area contributed by atoms with Gasteiger partial charge in [-0.1, -0.05) is 12.1 Å². The zero-order chi connectivity index (χ0) is 11.1. The largest absolute Gasteiger partial charge is 0.388 e. The second-order valence-electron chi connectivity index (χ2n) is 4.68. The number of benzene rings is 1. The summed E-state index contributed by atoms with van der Waals surface area (Å²) in [7, 11) is 1.94. The molecule has 0 bridgehead atoms. The Morgan fingerprint density at radius 2 is 2.00 bits per heavy atom. The fourth-order valence-electron chi connectivity index (χ4n) is 2.15. The maximum atomic E-state index is 3.52. The molecular weight excluding hydrogens is 184 g/mol. The topological polar surface area (TPSA) is 24.1 Å². The van der Waals surface area contributed by atoms with Crippen LogP contribution < -0.4 is 10.6 Å². The van der Waals surface area contributed by atoms with Crippen molar-refractivity contribution in [3.05, 3.63) is 29.8 Å². The molecule has 2 nitrogen and oxygen atoms in total. The average molecular weight is 202 g/mol. The van der Waals surface area contributed by atoms with E-state index in [1.54, 1.807) is 0 Å². The first kappa shape index (κ1) is 10.1. The molecule has 1 aromatic carbocycles. The lowest BCUT2D eigenvalue weighted by molar-refractivity contribution is 0.707. The van der Waals surface area contributed by atoms with Crippen LogP contribution in [0.1, 0.15) is 26.3 Å². The molecule has 2 rings (SSSR count). The molecule has 0 aliphatic carbocycles. The first-order valence-electron chi connectivity index (χ1n) is 5.32. The van der Waals surface area contributed by atoms with Crippen LogP contribution in [0.2, 0.25) is 0 Å². The first-order chi connectivity index (χ1) is 7.02. The molecule has 80 valence electrons. The van der Waals surface area contributed by atoms with Crippen molar-refractivity contribution >= 4 is 16.9 Å². The zero-order valence-electron chi connectivity index (χ0n) is 9.81. The van der Waals surface area contributed by atoms with Crippen LogP contribution in [0.25, 0.3) is 5.57 Å². The second-order valence-corrected chi connectivity index (χ2v) is 4.68. The van der Waals surface area contributed by atoms with Crippen molar-refractivity contribution in [2.75, 3.05) is 17.7 Å². The van der Waals surface area contributed by atoms with Crippen molar-refractivity contribution in [3.8, 4) is 0 Å². The van der Waals surface area contributed by atoms with E-state index in [1.165, 1.54) is 16.8 Å². The van der Waals surface area contributed by atoms with E-state index < -0.39 is 0 Å². The maximum Gasteiger partial charge on any atom is 0.0505 e. The van der Waals surface area contributed by atoms with Gasteiger partial charge < -0.3 is 10.6 Å². The predicted octanol–water partition coefficient (Wildman–Crippen LogP) is 3.34.